The van der Waals surface area contributed by atoms with Crippen LogP contribution in [0.1, 0.15) is 59.3 Å². The van der Waals surface area contributed by atoms with Gasteiger partial charge in [0.15, 0.2) is 10.3 Å². The van der Waals surface area contributed by atoms with E-state index < -0.39 is 19.8 Å². The van der Waals surface area contributed by atoms with Crippen molar-refractivity contribution >= 4 is 43.0 Å². The largest absolute Gasteiger partial charge is 0.151 e. The molecule has 1 radical (unpaired) electrons. The minimum atomic E-state index is -0.839. The molecule has 0 aromatic carbocycles. The van der Waals surface area contributed by atoms with Crippen LogP contribution in [0.4, 0.5) is 0 Å². The van der Waals surface area contributed by atoms with Gasteiger partial charge in [-0.1, -0.05) is 23.2 Å². The summed E-state index contributed by atoms with van der Waals surface area (Å²) in [6.07, 6.45) is 8.85. The zero-order valence-corrected chi connectivity index (χ0v) is 18.0. The first-order valence-electron chi connectivity index (χ1n) is 8.12. The molecule has 0 aliphatic rings. The summed E-state index contributed by atoms with van der Waals surface area (Å²) >= 11 is 9.92. The zero-order valence-electron chi connectivity index (χ0n) is 13.7. The van der Waals surface area contributed by atoms with E-state index in [9.17, 15) is 0 Å². The van der Waals surface area contributed by atoms with Gasteiger partial charge in [-0.2, -0.15) is 0 Å². The molecule has 0 spiro atoms. The van der Waals surface area contributed by atoms with Crippen LogP contribution in [0.3, 0.4) is 0 Å². The second-order valence-corrected chi connectivity index (χ2v) is 14.6. The molecular weight excluding hydrogens is 410 g/mol. The smallest absolute Gasteiger partial charge is 0.137 e. The van der Waals surface area contributed by atoms with Crippen LogP contribution < -0.4 is 0 Å². The average Bonchev–Trinajstić information content (AvgIpc) is 2.50. The van der Waals surface area contributed by atoms with Gasteiger partial charge in [0.1, 0.15) is 0 Å². The number of hydrogen-bond acceptors (Lipinski definition) is 2. The molecule has 0 bridgehead atoms. The molecule has 0 aliphatic heterocycles. The van der Waals surface area contributed by atoms with Crippen LogP contribution in [0.15, 0.2) is 12.1 Å². The monoisotopic (exact) mass is 439 g/mol. The summed E-state index contributed by atoms with van der Waals surface area (Å²) in [5.41, 5.74) is 0. The summed E-state index contributed by atoms with van der Waals surface area (Å²) in [5.74, 6) is 0. The molecule has 21 heavy (non-hydrogen) atoms. The van der Waals surface area contributed by atoms with E-state index in [1.807, 2.05) is 0 Å². The van der Waals surface area contributed by atoms with Crippen LogP contribution in [-0.2, 0) is 0 Å². The first-order chi connectivity index (χ1) is 10.1. The van der Waals surface area contributed by atoms with Crippen molar-refractivity contribution in [3.05, 3.63) is 22.4 Å². The maximum absolute atomic E-state index is 5.38. The molecule has 1 aromatic rings. The Morgan fingerprint density at radius 2 is 1.10 bits per heavy atom. The molecule has 2 nitrogen and oxygen atoms in total. The van der Waals surface area contributed by atoms with E-state index in [2.05, 4.69) is 31.0 Å². The zero-order chi connectivity index (χ0) is 15.9. The molecule has 0 atom stereocenters. The van der Waals surface area contributed by atoms with Gasteiger partial charge in [-0.3, -0.25) is 0 Å². The molecule has 1 rings (SSSR count). The van der Waals surface area contributed by atoms with Crippen molar-refractivity contribution in [1.29, 1.82) is 0 Å². The van der Waals surface area contributed by atoms with Crippen molar-refractivity contribution in [2.24, 2.45) is 0 Å². The van der Waals surface area contributed by atoms with Crippen molar-refractivity contribution in [2.45, 2.75) is 72.6 Å². The maximum Gasteiger partial charge on any atom is 0.151 e. The van der Waals surface area contributed by atoms with Gasteiger partial charge in [0.25, 0.3) is 0 Å². The fraction of sp³-hybridized carbons (Fsp3) is 0.750. The van der Waals surface area contributed by atoms with E-state index in [0.717, 1.165) is 0 Å². The molecule has 0 saturated carbocycles. The van der Waals surface area contributed by atoms with Crippen molar-refractivity contribution in [3.8, 4) is 0 Å². The third-order valence-electron chi connectivity index (χ3n) is 3.25. The van der Waals surface area contributed by atoms with Gasteiger partial charge in [-0.25, -0.2) is 0 Å². The number of halogens is 2. The van der Waals surface area contributed by atoms with E-state index in [1.165, 1.54) is 38.5 Å². The Bertz CT molecular complexity index is 294. The van der Waals surface area contributed by atoms with Crippen LogP contribution in [0, 0.1) is 0 Å². The Morgan fingerprint density at radius 1 is 0.762 bits per heavy atom. The Labute approximate surface area is 147 Å². The number of unbranched alkanes of at least 4 members (excludes halogenated alkanes) is 3. The summed E-state index contributed by atoms with van der Waals surface area (Å²) in [6.45, 7) is 7.00. The van der Waals surface area contributed by atoms with Gasteiger partial charge < -0.3 is 0 Å². The van der Waals surface area contributed by atoms with Gasteiger partial charge >= 0.3 is 92.4 Å². The third kappa shape index (κ3) is 13.8. The normalized spacial score (nSPS) is 10.4. The van der Waals surface area contributed by atoms with Gasteiger partial charge in [-0.15, -0.1) is 10.2 Å². The van der Waals surface area contributed by atoms with Crippen LogP contribution in [-0.4, -0.2) is 30.0 Å². The second kappa shape index (κ2) is 15.4. The van der Waals surface area contributed by atoms with Crippen LogP contribution in [0.25, 0.3) is 0 Å². The van der Waals surface area contributed by atoms with E-state index >= 15 is 0 Å². The minimum Gasteiger partial charge on any atom is -0.137 e. The Hall–Kier alpha value is 0.459. The molecule has 1 heterocycles. The fourth-order valence-electron chi connectivity index (χ4n) is 1.96. The third-order valence-corrected chi connectivity index (χ3v) is 12.7. The van der Waals surface area contributed by atoms with Crippen molar-refractivity contribution in [3.63, 3.8) is 0 Å². The van der Waals surface area contributed by atoms with E-state index in [-0.39, 0.29) is 0 Å². The summed E-state index contributed by atoms with van der Waals surface area (Å²) in [7, 11) is 0. The molecule has 0 amide bonds. The molecule has 0 aliphatic carbocycles. The summed E-state index contributed by atoms with van der Waals surface area (Å²) < 4.78 is 5.04. The molecule has 5 heteroatoms. The number of hydrogen-bond donors (Lipinski definition) is 0. The predicted octanol–water partition coefficient (Wildman–Crippen LogP) is 6.66. The Morgan fingerprint density at radius 3 is 1.33 bits per heavy atom. The first kappa shape index (κ1) is 21.5. The van der Waals surface area contributed by atoms with E-state index in [4.69, 9.17) is 23.2 Å². The Balaban J connectivity index is 0.000000423. The van der Waals surface area contributed by atoms with Gasteiger partial charge in [0, 0.05) is 0 Å². The standard InChI is InChI=1S/C4H2Cl2N2.3C4H9.Sn/c5-3-1-2-4(6)8-7-3;3*1-3-4-2;/h1-2H;3*1,3-4H2,2H3;. The van der Waals surface area contributed by atoms with Crippen molar-refractivity contribution in [1.82, 2.24) is 10.2 Å². The van der Waals surface area contributed by atoms with Crippen LogP contribution in [0.2, 0.25) is 23.6 Å². The maximum atomic E-state index is 5.38. The molecule has 0 fully saturated rings. The van der Waals surface area contributed by atoms with E-state index in [1.54, 1.807) is 25.4 Å². The predicted molar refractivity (Wildman–Crippen MR) is 97.0 cm³/mol. The SMILES string of the molecule is CCC[CH2][Sn]([CH2]CCC)[CH2]CCC.Clc1ccc(Cl)nn1. The fourth-order valence-corrected chi connectivity index (χ4v) is 11.6. The second-order valence-electron chi connectivity index (χ2n) is 5.24. The minimum absolute atomic E-state index is 0.356. The van der Waals surface area contributed by atoms with Crippen molar-refractivity contribution < 1.29 is 0 Å². The number of rotatable bonds is 9. The van der Waals surface area contributed by atoms with Crippen LogP contribution in [0.5, 0.6) is 0 Å². The van der Waals surface area contributed by atoms with Crippen LogP contribution >= 0.6 is 23.2 Å². The molecule has 0 N–H and O–H groups in total. The molecule has 0 unspecified atom stereocenters. The molecular formula is C16H29Cl2N2Sn. The number of aromatic nitrogens is 2. The molecule has 0 saturated heterocycles. The van der Waals surface area contributed by atoms with Gasteiger partial charge in [-0.05, 0) is 12.1 Å². The first-order valence-corrected chi connectivity index (χ1v) is 14.9. The topological polar surface area (TPSA) is 25.8 Å². The summed E-state index contributed by atoms with van der Waals surface area (Å²) in [6, 6.07) is 3.16. The van der Waals surface area contributed by atoms with Crippen molar-refractivity contribution in [2.75, 3.05) is 0 Å². The van der Waals surface area contributed by atoms with Gasteiger partial charge in [0.2, 0.25) is 0 Å². The van der Waals surface area contributed by atoms with E-state index in [0.29, 0.717) is 10.3 Å². The summed E-state index contributed by atoms with van der Waals surface area (Å²) in [5, 5.41) is 7.64. The quantitative estimate of drug-likeness (QED) is 0.402. The van der Waals surface area contributed by atoms with Gasteiger partial charge in [0.05, 0.1) is 0 Å². The molecule has 121 valence electrons. The summed E-state index contributed by atoms with van der Waals surface area (Å²) in [4.78, 5) is 0. The molecule has 1 aromatic heterocycles. The average molecular weight is 439 g/mol. The Kier molecular flexibility index (Phi) is 15.7. The number of nitrogens with zero attached hydrogens (tertiary/aromatic N) is 2.